The predicted molar refractivity (Wildman–Crippen MR) is 74.9 cm³/mol. The van der Waals surface area contributed by atoms with Crippen LogP contribution in [-0.2, 0) is 0 Å². The zero-order valence-corrected chi connectivity index (χ0v) is 10.9. The lowest BCUT2D eigenvalue weighted by Gasteiger charge is -2.30. The maximum Gasteiger partial charge on any atom is 0.253 e. The number of nitrogen functional groups attached to an aromatic ring is 1. The second kappa shape index (κ2) is 5.76. The Morgan fingerprint density at radius 3 is 2.72 bits per heavy atom. The molecule has 18 heavy (non-hydrogen) atoms. The van der Waals surface area contributed by atoms with E-state index < -0.39 is 0 Å². The largest absolute Gasteiger partial charge is 0.399 e. The van der Waals surface area contributed by atoms with Crippen LogP contribution in [0.1, 0.15) is 36.5 Å². The Kier molecular flexibility index (Phi) is 4.07. The first kappa shape index (κ1) is 12.7. The van der Waals surface area contributed by atoms with Crippen molar-refractivity contribution in [2.45, 2.75) is 26.2 Å². The summed E-state index contributed by atoms with van der Waals surface area (Å²) in [4.78, 5) is 14.4. The zero-order valence-electron chi connectivity index (χ0n) is 10.9. The molecule has 0 aromatic heterocycles. The van der Waals surface area contributed by atoms with Crippen molar-refractivity contribution in [3.8, 4) is 0 Å². The van der Waals surface area contributed by atoms with Gasteiger partial charge in [-0.3, -0.25) is 4.79 Å². The minimum Gasteiger partial charge on any atom is -0.399 e. The van der Waals surface area contributed by atoms with Crippen molar-refractivity contribution in [1.29, 1.82) is 0 Å². The highest BCUT2D eigenvalue weighted by Crippen LogP contribution is 2.26. The minimum atomic E-state index is -0.0367. The van der Waals surface area contributed by atoms with E-state index in [-0.39, 0.29) is 5.91 Å². The smallest absolute Gasteiger partial charge is 0.253 e. The number of nitrogens with zero attached hydrogens (tertiary/aromatic N) is 1. The average Bonchev–Trinajstić information content (AvgIpc) is 2.40. The molecule has 0 radical (unpaired) electrons. The lowest BCUT2D eigenvalue weighted by atomic mass is 10.1. The fourth-order valence-electron chi connectivity index (χ4n) is 2.40. The third-order valence-corrected chi connectivity index (χ3v) is 3.30. The SMILES string of the molecule is CCNC(=O)c1cc(N)ccc1N1CCCCC1. The van der Waals surface area contributed by atoms with Crippen LogP contribution in [0.3, 0.4) is 0 Å². The fraction of sp³-hybridized carbons (Fsp3) is 0.500. The molecule has 0 saturated carbocycles. The molecule has 0 unspecified atom stereocenters. The van der Waals surface area contributed by atoms with Gasteiger partial charge in [-0.15, -0.1) is 0 Å². The highest BCUT2D eigenvalue weighted by molar-refractivity contribution is 6.00. The number of anilines is 2. The number of carbonyl (C=O) groups is 1. The van der Waals surface area contributed by atoms with Crippen molar-refractivity contribution < 1.29 is 4.79 Å². The van der Waals surface area contributed by atoms with Gasteiger partial charge in [-0.25, -0.2) is 0 Å². The van der Waals surface area contributed by atoms with E-state index in [9.17, 15) is 4.79 Å². The third-order valence-electron chi connectivity index (χ3n) is 3.30. The Labute approximate surface area is 108 Å². The van der Waals surface area contributed by atoms with Crippen LogP contribution in [-0.4, -0.2) is 25.5 Å². The summed E-state index contributed by atoms with van der Waals surface area (Å²) in [6.45, 7) is 4.60. The molecule has 3 N–H and O–H groups in total. The number of amides is 1. The Morgan fingerprint density at radius 2 is 2.06 bits per heavy atom. The summed E-state index contributed by atoms with van der Waals surface area (Å²) in [5.74, 6) is -0.0367. The number of nitrogens with two attached hydrogens (primary N) is 1. The Hall–Kier alpha value is -1.71. The predicted octanol–water partition coefficient (Wildman–Crippen LogP) is 2.01. The van der Waals surface area contributed by atoms with E-state index >= 15 is 0 Å². The number of rotatable bonds is 3. The monoisotopic (exact) mass is 247 g/mol. The van der Waals surface area contributed by atoms with Gasteiger partial charge in [0.05, 0.1) is 5.56 Å². The fourth-order valence-corrected chi connectivity index (χ4v) is 2.40. The lowest BCUT2D eigenvalue weighted by molar-refractivity contribution is 0.0956. The summed E-state index contributed by atoms with van der Waals surface area (Å²) in [6.07, 6.45) is 3.67. The molecular formula is C14H21N3O. The number of hydrogen-bond donors (Lipinski definition) is 2. The van der Waals surface area contributed by atoms with E-state index in [0.717, 1.165) is 18.8 Å². The first-order chi connectivity index (χ1) is 8.72. The normalized spacial score (nSPS) is 15.5. The molecule has 98 valence electrons. The first-order valence-electron chi connectivity index (χ1n) is 6.65. The molecule has 1 fully saturated rings. The van der Waals surface area contributed by atoms with Crippen LogP contribution in [0.25, 0.3) is 0 Å². The molecule has 1 aromatic rings. The molecule has 1 saturated heterocycles. The molecule has 1 aliphatic rings. The van der Waals surface area contributed by atoms with Gasteiger partial charge in [-0.2, -0.15) is 0 Å². The molecule has 4 heteroatoms. The van der Waals surface area contributed by atoms with Gasteiger partial charge in [0.15, 0.2) is 0 Å². The zero-order chi connectivity index (χ0) is 13.0. The summed E-state index contributed by atoms with van der Waals surface area (Å²) < 4.78 is 0. The van der Waals surface area contributed by atoms with Gasteiger partial charge in [-0.05, 0) is 44.4 Å². The first-order valence-corrected chi connectivity index (χ1v) is 6.65. The number of hydrogen-bond acceptors (Lipinski definition) is 3. The van der Waals surface area contributed by atoms with E-state index in [2.05, 4.69) is 10.2 Å². The quantitative estimate of drug-likeness (QED) is 0.803. The molecular weight excluding hydrogens is 226 g/mol. The molecule has 0 aliphatic carbocycles. The van der Waals surface area contributed by atoms with Gasteiger partial charge in [-0.1, -0.05) is 0 Å². The van der Waals surface area contributed by atoms with Crippen molar-refractivity contribution in [2.24, 2.45) is 0 Å². The van der Waals surface area contributed by atoms with E-state index in [4.69, 9.17) is 5.73 Å². The summed E-state index contributed by atoms with van der Waals surface area (Å²) in [5.41, 5.74) is 8.13. The Bertz CT molecular complexity index is 425. The van der Waals surface area contributed by atoms with E-state index in [1.165, 1.54) is 19.3 Å². The average molecular weight is 247 g/mol. The van der Waals surface area contributed by atoms with Crippen molar-refractivity contribution in [1.82, 2.24) is 5.32 Å². The van der Waals surface area contributed by atoms with Crippen LogP contribution < -0.4 is 16.0 Å². The van der Waals surface area contributed by atoms with Gasteiger partial charge < -0.3 is 16.0 Å². The summed E-state index contributed by atoms with van der Waals surface area (Å²) in [5, 5.41) is 2.85. The van der Waals surface area contributed by atoms with Crippen molar-refractivity contribution in [2.75, 3.05) is 30.3 Å². The summed E-state index contributed by atoms with van der Waals surface area (Å²) in [6, 6.07) is 5.60. The second-order valence-corrected chi connectivity index (χ2v) is 4.68. The topological polar surface area (TPSA) is 58.4 Å². The molecule has 1 aromatic carbocycles. The lowest BCUT2D eigenvalue weighted by Crippen LogP contribution is -2.32. The van der Waals surface area contributed by atoms with Gasteiger partial charge in [0.1, 0.15) is 0 Å². The number of piperidine rings is 1. The standard InChI is InChI=1S/C14H21N3O/c1-2-16-14(18)12-10-11(15)6-7-13(12)17-8-4-3-5-9-17/h6-7,10H,2-5,8-9,15H2,1H3,(H,16,18). The van der Waals surface area contributed by atoms with E-state index in [0.29, 0.717) is 17.8 Å². The maximum atomic E-state index is 12.1. The van der Waals surface area contributed by atoms with Gasteiger partial charge in [0.25, 0.3) is 5.91 Å². The van der Waals surface area contributed by atoms with Crippen LogP contribution in [0.15, 0.2) is 18.2 Å². The van der Waals surface area contributed by atoms with Gasteiger partial charge in [0, 0.05) is 31.0 Å². The number of carbonyl (C=O) groups excluding carboxylic acids is 1. The molecule has 1 heterocycles. The van der Waals surface area contributed by atoms with Crippen LogP contribution >= 0.6 is 0 Å². The molecule has 2 rings (SSSR count). The Morgan fingerprint density at radius 1 is 1.33 bits per heavy atom. The number of benzene rings is 1. The van der Waals surface area contributed by atoms with Crippen LogP contribution in [0.5, 0.6) is 0 Å². The highest BCUT2D eigenvalue weighted by atomic mass is 16.1. The summed E-state index contributed by atoms with van der Waals surface area (Å²) >= 11 is 0. The summed E-state index contributed by atoms with van der Waals surface area (Å²) in [7, 11) is 0. The van der Waals surface area contributed by atoms with Crippen molar-refractivity contribution in [3.63, 3.8) is 0 Å². The highest BCUT2D eigenvalue weighted by Gasteiger charge is 2.18. The van der Waals surface area contributed by atoms with E-state index in [1.807, 2.05) is 19.1 Å². The second-order valence-electron chi connectivity index (χ2n) is 4.68. The van der Waals surface area contributed by atoms with E-state index in [1.54, 1.807) is 6.07 Å². The van der Waals surface area contributed by atoms with Gasteiger partial charge >= 0.3 is 0 Å². The molecule has 1 aliphatic heterocycles. The van der Waals surface area contributed by atoms with Gasteiger partial charge in [0.2, 0.25) is 0 Å². The van der Waals surface area contributed by atoms with Crippen molar-refractivity contribution in [3.05, 3.63) is 23.8 Å². The van der Waals surface area contributed by atoms with Crippen LogP contribution in [0.4, 0.5) is 11.4 Å². The Balaban J connectivity index is 2.30. The molecule has 1 amide bonds. The minimum absolute atomic E-state index is 0.0367. The van der Waals surface area contributed by atoms with Crippen molar-refractivity contribution >= 4 is 17.3 Å². The third kappa shape index (κ3) is 2.75. The maximum absolute atomic E-state index is 12.1. The molecule has 0 atom stereocenters. The van der Waals surface area contributed by atoms with Crippen LogP contribution in [0, 0.1) is 0 Å². The number of nitrogens with one attached hydrogen (secondary N) is 1. The molecule has 4 nitrogen and oxygen atoms in total. The molecule has 0 spiro atoms. The van der Waals surface area contributed by atoms with Crippen LogP contribution in [0.2, 0.25) is 0 Å². The molecule has 0 bridgehead atoms.